The van der Waals surface area contributed by atoms with E-state index >= 15 is 0 Å². The third-order valence-corrected chi connectivity index (χ3v) is 3.30. The van der Waals surface area contributed by atoms with Crippen LogP contribution in [-0.2, 0) is 0 Å². The molecule has 0 saturated carbocycles. The number of aryl methyl sites for hydroxylation is 1. The van der Waals surface area contributed by atoms with Crippen molar-refractivity contribution in [2.45, 2.75) is 13.3 Å². The second kappa shape index (κ2) is 4.81. The maximum Gasteiger partial charge on any atom is 0.126 e. The van der Waals surface area contributed by atoms with Crippen LogP contribution in [0.25, 0.3) is 5.70 Å². The number of nitrogens with zero attached hydrogens (tertiary/aromatic N) is 1. The Morgan fingerprint density at radius 1 is 1.00 bits per heavy atom. The summed E-state index contributed by atoms with van der Waals surface area (Å²) in [6, 6.07) is 15.3. The zero-order chi connectivity index (χ0) is 13.2. The lowest BCUT2D eigenvalue weighted by molar-refractivity contribution is 0.618. The fraction of sp³-hybridized carbons (Fsp3) is 0.118. The monoisotopic (exact) mass is 251 g/mol. The molecule has 1 aliphatic rings. The average molecular weight is 251 g/mol. The summed E-state index contributed by atoms with van der Waals surface area (Å²) >= 11 is 0. The Morgan fingerprint density at radius 2 is 1.79 bits per heavy atom. The molecule has 0 saturated heterocycles. The van der Waals surface area contributed by atoms with Crippen LogP contribution in [0.15, 0.2) is 59.6 Å². The molecule has 1 nitrogen and oxygen atoms in total. The minimum Gasteiger partial charge on any atom is -0.252 e. The lowest BCUT2D eigenvalue weighted by atomic mass is 10.1. The predicted molar refractivity (Wildman–Crippen MR) is 76.7 cm³/mol. The largest absolute Gasteiger partial charge is 0.252 e. The van der Waals surface area contributed by atoms with Gasteiger partial charge in [-0.3, -0.25) is 4.99 Å². The summed E-state index contributed by atoms with van der Waals surface area (Å²) in [5.41, 5.74) is 4.78. The van der Waals surface area contributed by atoms with E-state index in [1.807, 2.05) is 24.3 Å². The summed E-state index contributed by atoms with van der Waals surface area (Å²) in [5.74, 6) is -0.172. The van der Waals surface area contributed by atoms with Crippen LogP contribution in [0.2, 0.25) is 0 Å². The summed E-state index contributed by atoms with van der Waals surface area (Å²) in [6.45, 7) is 1.77. The van der Waals surface area contributed by atoms with Crippen molar-refractivity contribution in [3.63, 3.8) is 0 Å². The van der Waals surface area contributed by atoms with Gasteiger partial charge in [0.25, 0.3) is 0 Å². The van der Waals surface area contributed by atoms with E-state index in [9.17, 15) is 4.39 Å². The maximum absolute atomic E-state index is 13.3. The first-order valence-corrected chi connectivity index (χ1v) is 6.34. The maximum atomic E-state index is 13.3. The third kappa shape index (κ3) is 2.34. The quantitative estimate of drug-likeness (QED) is 0.751. The van der Waals surface area contributed by atoms with Gasteiger partial charge in [0, 0.05) is 12.0 Å². The van der Waals surface area contributed by atoms with Gasteiger partial charge in [-0.2, -0.15) is 0 Å². The van der Waals surface area contributed by atoms with Gasteiger partial charge >= 0.3 is 0 Å². The highest BCUT2D eigenvalue weighted by atomic mass is 19.1. The first-order valence-electron chi connectivity index (χ1n) is 6.34. The van der Waals surface area contributed by atoms with Crippen molar-refractivity contribution in [3.8, 4) is 0 Å². The number of benzene rings is 2. The minimum absolute atomic E-state index is 0.172. The van der Waals surface area contributed by atoms with Gasteiger partial charge in [0.2, 0.25) is 0 Å². The Kier molecular flexibility index (Phi) is 3.00. The Morgan fingerprint density at radius 3 is 2.53 bits per heavy atom. The Bertz CT molecular complexity index is 669. The number of hydrogen-bond donors (Lipinski definition) is 0. The van der Waals surface area contributed by atoms with E-state index < -0.39 is 0 Å². The summed E-state index contributed by atoms with van der Waals surface area (Å²) in [5, 5.41) is 0. The molecule has 0 spiro atoms. The molecule has 0 N–H and O–H groups in total. The van der Waals surface area contributed by atoms with Crippen LogP contribution in [0.4, 0.5) is 4.39 Å². The first kappa shape index (κ1) is 11.8. The number of aliphatic imine (C=N–C) groups is 1. The Labute approximate surface area is 112 Å². The van der Waals surface area contributed by atoms with Gasteiger partial charge in [0.05, 0.1) is 11.4 Å². The molecule has 0 atom stereocenters. The molecule has 2 heteroatoms. The van der Waals surface area contributed by atoms with E-state index in [-0.39, 0.29) is 5.82 Å². The lowest BCUT2D eigenvalue weighted by Gasteiger charge is -2.02. The molecule has 3 rings (SSSR count). The molecular weight excluding hydrogens is 237 g/mol. The topological polar surface area (TPSA) is 12.4 Å². The summed E-state index contributed by atoms with van der Waals surface area (Å²) in [4.78, 5) is 4.65. The molecule has 94 valence electrons. The highest BCUT2D eigenvalue weighted by Crippen LogP contribution is 2.26. The molecule has 19 heavy (non-hydrogen) atoms. The molecule has 0 amide bonds. The number of allylic oxidation sites excluding steroid dienone is 1. The predicted octanol–water partition coefficient (Wildman–Crippen LogP) is 4.37. The van der Waals surface area contributed by atoms with Gasteiger partial charge in [-0.15, -0.1) is 0 Å². The zero-order valence-corrected chi connectivity index (χ0v) is 10.7. The Hall–Kier alpha value is -2.22. The number of hydrogen-bond acceptors (Lipinski definition) is 1. The van der Waals surface area contributed by atoms with Crippen LogP contribution in [0.5, 0.6) is 0 Å². The SMILES string of the molecule is Cc1cc(C2=CCC(c3ccccc3)=N2)ccc1F. The zero-order valence-electron chi connectivity index (χ0n) is 10.7. The van der Waals surface area contributed by atoms with E-state index in [1.165, 1.54) is 6.07 Å². The third-order valence-electron chi connectivity index (χ3n) is 3.30. The lowest BCUT2D eigenvalue weighted by Crippen LogP contribution is -1.94. The van der Waals surface area contributed by atoms with E-state index in [1.54, 1.807) is 13.0 Å². The second-order valence-corrected chi connectivity index (χ2v) is 4.68. The molecule has 2 aromatic carbocycles. The van der Waals surface area contributed by atoms with Gasteiger partial charge < -0.3 is 0 Å². The van der Waals surface area contributed by atoms with E-state index in [4.69, 9.17) is 0 Å². The normalized spacial score (nSPS) is 14.2. The van der Waals surface area contributed by atoms with Crippen LogP contribution >= 0.6 is 0 Å². The molecule has 0 radical (unpaired) electrons. The van der Waals surface area contributed by atoms with Crippen LogP contribution in [0.1, 0.15) is 23.1 Å². The fourth-order valence-corrected chi connectivity index (χ4v) is 2.23. The second-order valence-electron chi connectivity index (χ2n) is 4.68. The van der Waals surface area contributed by atoms with Crippen LogP contribution in [0, 0.1) is 12.7 Å². The highest BCUT2D eigenvalue weighted by Gasteiger charge is 2.12. The van der Waals surface area contributed by atoms with Gasteiger partial charge in [-0.05, 0) is 36.2 Å². The van der Waals surface area contributed by atoms with Crippen molar-refractivity contribution in [1.29, 1.82) is 0 Å². The molecule has 0 aromatic heterocycles. The molecule has 0 unspecified atom stereocenters. The van der Waals surface area contributed by atoms with Gasteiger partial charge in [-0.1, -0.05) is 36.4 Å². The standard InChI is InChI=1S/C17H14FN/c1-12-11-14(7-8-15(12)18)17-10-9-16(19-17)13-5-3-2-4-6-13/h2-8,10-11H,9H2,1H3. The van der Waals surface area contributed by atoms with Crippen molar-refractivity contribution < 1.29 is 4.39 Å². The van der Waals surface area contributed by atoms with Crippen molar-refractivity contribution in [1.82, 2.24) is 0 Å². The van der Waals surface area contributed by atoms with Crippen LogP contribution in [0.3, 0.4) is 0 Å². The summed E-state index contributed by atoms with van der Waals surface area (Å²) < 4.78 is 13.3. The molecule has 2 aromatic rings. The number of rotatable bonds is 2. The Balaban J connectivity index is 1.92. The van der Waals surface area contributed by atoms with E-state index in [0.717, 1.165) is 29.0 Å². The van der Waals surface area contributed by atoms with Gasteiger partial charge in [0.15, 0.2) is 0 Å². The first-order chi connectivity index (χ1) is 9.24. The average Bonchev–Trinajstić information content (AvgIpc) is 2.93. The highest BCUT2D eigenvalue weighted by molar-refractivity contribution is 6.07. The molecule has 0 fully saturated rings. The summed E-state index contributed by atoms with van der Waals surface area (Å²) in [7, 11) is 0. The number of halogens is 1. The smallest absolute Gasteiger partial charge is 0.126 e. The molecule has 0 bridgehead atoms. The molecule has 0 aliphatic carbocycles. The summed E-state index contributed by atoms with van der Waals surface area (Å²) in [6.07, 6.45) is 2.92. The molecule has 1 heterocycles. The van der Waals surface area contributed by atoms with E-state index in [2.05, 4.69) is 23.2 Å². The van der Waals surface area contributed by atoms with Crippen LogP contribution in [-0.4, -0.2) is 5.71 Å². The fourth-order valence-electron chi connectivity index (χ4n) is 2.23. The van der Waals surface area contributed by atoms with Crippen molar-refractivity contribution in [3.05, 3.63) is 77.1 Å². The minimum atomic E-state index is -0.172. The molecular formula is C17H14FN. The van der Waals surface area contributed by atoms with Gasteiger partial charge in [0.1, 0.15) is 5.82 Å². The van der Waals surface area contributed by atoms with Crippen LogP contribution < -0.4 is 0 Å². The molecule has 1 aliphatic heterocycles. The van der Waals surface area contributed by atoms with Gasteiger partial charge in [-0.25, -0.2) is 4.39 Å². The van der Waals surface area contributed by atoms with E-state index in [0.29, 0.717) is 5.56 Å². The van der Waals surface area contributed by atoms with Crippen molar-refractivity contribution in [2.75, 3.05) is 0 Å². The van der Waals surface area contributed by atoms with Crippen molar-refractivity contribution in [2.24, 2.45) is 4.99 Å². The van der Waals surface area contributed by atoms with Crippen molar-refractivity contribution >= 4 is 11.4 Å².